The summed E-state index contributed by atoms with van der Waals surface area (Å²) in [6.45, 7) is 6.36. The van der Waals surface area contributed by atoms with Gasteiger partial charge in [0, 0.05) is 17.0 Å². The van der Waals surface area contributed by atoms with Crippen molar-refractivity contribution in [2.24, 2.45) is 0 Å². The third-order valence-electron chi connectivity index (χ3n) is 3.58. The number of rotatable bonds is 6. The fourth-order valence-electron chi connectivity index (χ4n) is 2.40. The van der Waals surface area contributed by atoms with Gasteiger partial charge in [-0.2, -0.15) is 0 Å². The molecule has 0 radical (unpaired) electrons. The van der Waals surface area contributed by atoms with Crippen LogP contribution < -0.4 is 14.8 Å². The topological polar surface area (TPSA) is 43.4 Å². The highest BCUT2D eigenvalue weighted by Gasteiger charge is 2.16. The van der Waals surface area contributed by atoms with Crippen molar-refractivity contribution in [3.8, 4) is 11.5 Å². The molecule has 0 saturated carbocycles. The van der Waals surface area contributed by atoms with Gasteiger partial charge in [-0.1, -0.05) is 6.07 Å². The van der Waals surface area contributed by atoms with Crippen molar-refractivity contribution in [1.82, 2.24) is 10.3 Å². The first kappa shape index (κ1) is 15.8. The Balaban J connectivity index is 2.13. The van der Waals surface area contributed by atoms with E-state index in [1.165, 1.54) is 10.4 Å². The summed E-state index contributed by atoms with van der Waals surface area (Å²) in [5, 5.41) is 3.60. The summed E-state index contributed by atoms with van der Waals surface area (Å²) in [5.41, 5.74) is 4.16. The van der Waals surface area contributed by atoms with Gasteiger partial charge in [-0.15, -0.1) is 11.3 Å². The first-order valence-corrected chi connectivity index (χ1v) is 7.82. The van der Waals surface area contributed by atoms with Crippen LogP contribution in [0.5, 0.6) is 11.5 Å². The maximum atomic E-state index is 5.36. The summed E-state index contributed by atoms with van der Waals surface area (Å²) < 4.78 is 10.6. The van der Waals surface area contributed by atoms with Gasteiger partial charge in [-0.3, -0.25) is 0 Å². The quantitative estimate of drug-likeness (QED) is 0.879. The number of aromatic nitrogens is 1. The predicted molar refractivity (Wildman–Crippen MR) is 86.4 cm³/mol. The average Bonchev–Trinajstić information content (AvgIpc) is 2.92. The number of benzene rings is 1. The first-order valence-electron chi connectivity index (χ1n) is 6.94. The molecule has 0 aliphatic heterocycles. The number of ether oxygens (including phenoxy) is 2. The predicted octanol–water partition coefficient (Wildman–Crippen LogP) is 3.88. The van der Waals surface area contributed by atoms with E-state index in [2.05, 4.69) is 30.2 Å². The molecule has 2 atom stereocenters. The van der Waals surface area contributed by atoms with Crippen LogP contribution in [0.3, 0.4) is 0 Å². The molecule has 1 aromatic heterocycles. The van der Waals surface area contributed by atoms with Gasteiger partial charge in [0.25, 0.3) is 0 Å². The molecule has 0 fully saturated rings. The van der Waals surface area contributed by atoms with E-state index in [0.717, 1.165) is 17.2 Å². The standard InChI is InChI=1S/C16H22N2O2S/c1-10(18-12(3)16-11(2)17-9-21-16)13-6-7-14(19-4)15(8-13)20-5/h6-10,12,18H,1-5H3. The fraction of sp³-hybridized carbons (Fsp3) is 0.438. The lowest BCUT2D eigenvalue weighted by atomic mass is 10.1. The molecule has 0 spiro atoms. The number of hydrogen-bond donors (Lipinski definition) is 1. The molecule has 1 heterocycles. The Kier molecular flexibility index (Phi) is 5.20. The molecule has 4 nitrogen and oxygen atoms in total. The van der Waals surface area contributed by atoms with Gasteiger partial charge in [0.2, 0.25) is 0 Å². The van der Waals surface area contributed by atoms with Crippen molar-refractivity contribution in [2.75, 3.05) is 14.2 Å². The zero-order valence-corrected chi connectivity index (χ0v) is 14.0. The Bertz CT molecular complexity index is 598. The summed E-state index contributed by atoms with van der Waals surface area (Å²) in [4.78, 5) is 5.59. The van der Waals surface area contributed by atoms with E-state index in [9.17, 15) is 0 Å². The molecule has 2 aromatic rings. The Morgan fingerprint density at radius 2 is 1.81 bits per heavy atom. The number of nitrogens with zero attached hydrogens (tertiary/aromatic N) is 1. The van der Waals surface area contributed by atoms with Gasteiger partial charge < -0.3 is 14.8 Å². The molecule has 114 valence electrons. The highest BCUT2D eigenvalue weighted by Crippen LogP contribution is 2.31. The molecule has 5 heteroatoms. The number of hydrogen-bond acceptors (Lipinski definition) is 5. The third kappa shape index (κ3) is 3.54. The molecule has 1 aromatic carbocycles. The van der Waals surface area contributed by atoms with E-state index in [4.69, 9.17) is 9.47 Å². The first-order chi connectivity index (χ1) is 10.1. The monoisotopic (exact) mass is 306 g/mol. The Morgan fingerprint density at radius 1 is 1.10 bits per heavy atom. The third-order valence-corrected chi connectivity index (χ3v) is 4.70. The summed E-state index contributed by atoms with van der Waals surface area (Å²) in [7, 11) is 3.30. The van der Waals surface area contributed by atoms with Crippen molar-refractivity contribution in [2.45, 2.75) is 32.9 Å². The maximum Gasteiger partial charge on any atom is 0.161 e. The van der Waals surface area contributed by atoms with Gasteiger partial charge in [0.15, 0.2) is 11.5 Å². The van der Waals surface area contributed by atoms with Crippen LogP contribution in [0.15, 0.2) is 23.7 Å². The summed E-state index contributed by atoms with van der Waals surface area (Å²) >= 11 is 1.69. The van der Waals surface area contributed by atoms with Crippen LogP contribution in [0.2, 0.25) is 0 Å². The van der Waals surface area contributed by atoms with Crippen LogP contribution in [-0.4, -0.2) is 19.2 Å². The second-order valence-electron chi connectivity index (χ2n) is 5.03. The van der Waals surface area contributed by atoms with Crippen molar-refractivity contribution in [1.29, 1.82) is 0 Å². The second-order valence-corrected chi connectivity index (χ2v) is 5.91. The Morgan fingerprint density at radius 3 is 2.38 bits per heavy atom. The van der Waals surface area contributed by atoms with Crippen molar-refractivity contribution in [3.63, 3.8) is 0 Å². The summed E-state index contributed by atoms with van der Waals surface area (Å²) in [6, 6.07) is 6.49. The summed E-state index contributed by atoms with van der Waals surface area (Å²) in [6.07, 6.45) is 0. The second kappa shape index (κ2) is 6.91. The Labute approximate surface area is 130 Å². The minimum atomic E-state index is 0.210. The minimum Gasteiger partial charge on any atom is -0.493 e. The smallest absolute Gasteiger partial charge is 0.161 e. The van der Waals surface area contributed by atoms with Crippen LogP contribution in [-0.2, 0) is 0 Å². The zero-order chi connectivity index (χ0) is 15.4. The van der Waals surface area contributed by atoms with Crippen molar-refractivity contribution < 1.29 is 9.47 Å². The molecule has 0 bridgehead atoms. The SMILES string of the molecule is COc1ccc(C(C)NC(C)c2scnc2C)cc1OC. The van der Waals surface area contributed by atoms with Crippen molar-refractivity contribution >= 4 is 11.3 Å². The lowest BCUT2D eigenvalue weighted by Crippen LogP contribution is -2.22. The summed E-state index contributed by atoms with van der Waals surface area (Å²) in [5.74, 6) is 1.50. The fourth-order valence-corrected chi connectivity index (χ4v) is 3.22. The molecule has 0 aliphatic carbocycles. The molecule has 2 unspecified atom stereocenters. The highest BCUT2D eigenvalue weighted by atomic mass is 32.1. The molecule has 2 rings (SSSR count). The van der Waals surface area contributed by atoms with Crippen molar-refractivity contribution in [3.05, 3.63) is 39.8 Å². The normalized spacial score (nSPS) is 13.8. The van der Waals surface area contributed by atoms with E-state index in [-0.39, 0.29) is 12.1 Å². The number of methoxy groups -OCH3 is 2. The van der Waals surface area contributed by atoms with Gasteiger partial charge in [-0.25, -0.2) is 4.98 Å². The van der Waals surface area contributed by atoms with Gasteiger partial charge in [0.05, 0.1) is 25.4 Å². The lowest BCUT2D eigenvalue weighted by molar-refractivity contribution is 0.353. The van der Waals surface area contributed by atoms with E-state index < -0.39 is 0 Å². The molecule has 21 heavy (non-hydrogen) atoms. The molecule has 0 aliphatic rings. The maximum absolute atomic E-state index is 5.36. The molecular formula is C16H22N2O2S. The lowest BCUT2D eigenvalue weighted by Gasteiger charge is -2.21. The average molecular weight is 306 g/mol. The van der Waals surface area contributed by atoms with Crippen LogP contribution >= 0.6 is 11.3 Å². The van der Waals surface area contributed by atoms with E-state index in [1.54, 1.807) is 25.6 Å². The van der Waals surface area contributed by atoms with Crippen LogP contribution in [0.4, 0.5) is 0 Å². The van der Waals surface area contributed by atoms with Gasteiger partial charge >= 0.3 is 0 Å². The van der Waals surface area contributed by atoms with Crippen LogP contribution in [0, 0.1) is 6.92 Å². The number of nitrogens with one attached hydrogen (secondary N) is 1. The Hall–Kier alpha value is -1.59. The van der Waals surface area contributed by atoms with Gasteiger partial charge in [0.1, 0.15) is 0 Å². The number of thiazole rings is 1. The largest absolute Gasteiger partial charge is 0.493 e. The van der Waals surface area contributed by atoms with Crippen LogP contribution in [0.1, 0.15) is 42.1 Å². The van der Waals surface area contributed by atoms with E-state index in [1.807, 2.05) is 24.6 Å². The highest BCUT2D eigenvalue weighted by molar-refractivity contribution is 7.09. The molecular weight excluding hydrogens is 284 g/mol. The minimum absolute atomic E-state index is 0.210. The van der Waals surface area contributed by atoms with Crippen LogP contribution in [0.25, 0.3) is 0 Å². The number of aryl methyl sites for hydroxylation is 1. The zero-order valence-electron chi connectivity index (χ0n) is 13.1. The molecule has 1 N–H and O–H groups in total. The molecule has 0 saturated heterocycles. The van der Waals surface area contributed by atoms with E-state index in [0.29, 0.717) is 0 Å². The van der Waals surface area contributed by atoms with Gasteiger partial charge in [-0.05, 0) is 38.5 Å². The van der Waals surface area contributed by atoms with E-state index >= 15 is 0 Å². The molecule has 0 amide bonds.